The first-order valence-corrected chi connectivity index (χ1v) is 35.8. The third-order valence-electron chi connectivity index (χ3n) is 14.9. The van der Waals surface area contributed by atoms with Gasteiger partial charge in [-0.05, 0) is 89.9 Å². The lowest BCUT2D eigenvalue weighted by molar-refractivity contribution is -0.870. The minimum Gasteiger partial charge on any atom is -0.462 e. The van der Waals surface area contributed by atoms with E-state index in [1.54, 1.807) is 0 Å². The van der Waals surface area contributed by atoms with Crippen LogP contribution in [0, 0.1) is 0 Å². The molecule has 0 spiro atoms. The zero-order valence-corrected chi connectivity index (χ0v) is 55.1. The summed E-state index contributed by atoms with van der Waals surface area (Å²) >= 11 is 0. The molecule has 0 radical (unpaired) electrons. The van der Waals surface area contributed by atoms with Gasteiger partial charge in [-0.15, -0.1) is 0 Å². The third-order valence-corrected chi connectivity index (χ3v) is 15.9. The van der Waals surface area contributed by atoms with E-state index in [4.69, 9.17) is 18.5 Å². The Morgan fingerprint density at radius 2 is 0.695 bits per heavy atom. The van der Waals surface area contributed by atoms with E-state index in [9.17, 15) is 19.0 Å². The van der Waals surface area contributed by atoms with Crippen molar-refractivity contribution in [2.45, 2.75) is 315 Å². The highest BCUT2D eigenvalue weighted by atomic mass is 31.2. The Labute approximate surface area is 507 Å². The molecule has 2 unspecified atom stereocenters. The van der Waals surface area contributed by atoms with Crippen LogP contribution in [0.5, 0.6) is 0 Å². The minimum atomic E-state index is -4.40. The predicted molar refractivity (Wildman–Crippen MR) is 353 cm³/mol. The first kappa shape index (κ1) is 79.2. The second-order valence-electron chi connectivity index (χ2n) is 24.2. The van der Waals surface area contributed by atoms with Gasteiger partial charge in [-0.2, -0.15) is 0 Å². The van der Waals surface area contributed by atoms with E-state index in [-0.39, 0.29) is 32.0 Å². The highest BCUT2D eigenvalue weighted by Crippen LogP contribution is 2.43. The Kier molecular flexibility index (Phi) is 60.6. The van der Waals surface area contributed by atoms with Crippen LogP contribution in [-0.4, -0.2) is 74.9 Å². The van der Waals surface area contributed by atoms with Crippen molar-refractivity contribution in [3.63, 3.8) is 0 Å². The van der Waals surface area contributed by atoms with Crippen LogP contribution in [0.3, 0.4) is 0 Å². The van der Waals surface area contributed by atoms with E-state index in [2.05, 4.69) is 98.9 Å². The second-order valence-corrected chi connectivity index (χ2v) is 25.6. The van der Waals surface area contributed by atoms with E-state index in [0.717, 1.165) is 83.5 Å². The third kappa shape index (κ3) is 66.3. The molecule has 476 valence electrons. The van der Waals surface area contributed by atoms with Gasteiger partial charge in [-0.1, -0.05) is 292 Å². The molecule has 0 aromatic rings. The van der Waals surface area contributed by atoms with Gasteiger partial charge in [-0.25, -0.2) is 4.57 Å². The van der Waals surface area contributed by atoms with E-state index in [1.165, 1.54) is 193 Å². The normalized spacial score (nSPS) is 13.7. The summed E-state index contributed by atoms with van der Waals surface area (Å²) < 4.78 is 34.6. The monoisotopic (exact) mass is 1170 g/mol. The number of likely N-dealkylation sites (N-methyl/N-ethyl adjacent to an activating group) is 1. The molecule has 0 aliphatic rings. The molecule has 0 bridgehead atoms. The molecule has 0 fully saturated rings. The maximum absolute atomic E-state index is 12.8. The number of allylic oxidation sites excluding steroid dienone is 14. The van der Waals surface area contributed by atoms with Crippen LogP contribution < -0.4 is 0 Å². The number of nitrogens with zero attached hydrogens (tertiary/aromatic N) is 1. The Morgan fingerprint density at radius 1 is 0.390 bits per heavy atom. The molecule has 2 atom stereocenters. The number of phosphoric ester groups is 1. The SMILES string of the molecule is CC/C=C\C/C=C\C/C=C\C/C=C\C/C=C\C/C=C\CCCCCCC(=O)OC(COC(=O)CCCCCCCCCCCCCCCCCCCCCCCCC/C=C\CCCCCCCCCC)COP(=O)(O)OCC[N+](C)(C)C. The molecule has 0 aromatic carbocycles. The van der Waals surface area contributed by atoms with Gasteiger partial charge in [-0.3, -0.25) is 18.6 Å². The Hall–Kier alpha value is -2.81. The molecule has 0 saturated heterocycles. The maximum atomic E-state index is 12.8. The van der Waals surface area contributed by atoms with E-state index in [1.807, 2.05) is 21.1 Å². The number of phosphoric acid groups is 1. The Morgan fingerprint density at radius 3 is 1.05 bits per heavy atom. The van der Waals surface area contributed by atoms with E-state index >= 15 is 0 Å². The average Bonchev–Trinajstić information content (AvgIpc) is 3.46. The minimum absolute atomic E-state index is 0.0236. The molecule has 9 nitrogen and oxygen atoms in total. The van der Waals surface area contributed by atoms with Crippen LogP contribution in [0.1, 0.15) is 309 Å². The summed E-state index contributed by atoms with van der Waals surface area (Å²) in [5, 5.41) is 0. The van der Waals surface area contributed by atoms with E-state index < -0.39 is 26.5 Å². The van der Waals surface area contributed by atoms with E-state index in [0.29, 0.717) is 17.4 Å². The standard InChI is InChI=1S/C72H130NO8P/c1-6-8-10-12-14-16-18-20-22-24-26-28-30-31-32-33-34-35-36-37-38-39-40-41-43-44-46-48-50-52-54-56-58-60-62-64-71(74)78-68-70(69-80-82(76,77)79-67-66-73(3,4)5)81-72(75)65-63-61-59-57-55-53-51-49-47-45-42-29-27-25-23-21-19-17-15-13-11-9-7-2/h9,11,15,17,21,23-24,26-27,29,45,47,51,53,70H,6-8,10,12-14,16,18-20,22,25,28,30-44,46,48-50,52,54-69H2,1-5H3/p+1/b11-9-,17-15-,23-21-,26-24-,29-27-,47-45-,53-51-. The van der Waals surface area contributed by atoms with Crippen molar-refractivity contribution in [3.8, 4) is 0 Å². The van der Waals surface area contributed by atoms with Gasteiger partial charge in [0.2, 0.25) is 0 Å². The maximum Gasteiger partial charge on any atom is 0.472 e. The van der Waals surface area contributed by atoms with Gasteiger partial charge in [0.25, 0.3) is 0 Å². The lowest BCUT2D eigenvalue weighted by Gasteiger charge is -2.24. The Balaban J connectivity index is 4.03. The van der Waals surface area contributed by atoms with Crippen LogP contribution in [0.15, 0.2) is 85.1 Å². The second kappa shape index (κ2) is 62.7. The molecule has 0 rings (SSSR count). The molecule has 0 heterocycles. The Bertz CT molecular complexity index is 1660. The molecule has 0 saturated carbocycles. The molecule has 0 aliphatic heterocycles. The molecule has 0 aliphatic carbocycles. The van der Waals surface area contributed by atoms with Gasteiger partial charge < -0.3 is 18.9 Å². The van der Waals surface area contributed by atoms with Crippen LogP contribution in [0.2, 0.25) is 0 Å². The highest BCUT2D eigenvalue weighted by molar-refractivity contribution is 7.47. The summed E-state index contributed by atoms with van der Waals surface area (Å²) in [6, 6.07) is 0. The van der Waals surface area contributed by atoms with Crippen molar-refractivity contribution < 1.29 is 42.1 Å². The molecule has 0 aromatic heterocycles. The first-order chi connectivity index (χ1) is 40.0. The number of ether oxygens (including phenoxy) is 2. The highest BCUT2D eigenvalue weighted by Gasteiger charge is 2.27. The van der Waals surface area contributed by atoms with Gasteiger partial charge >= 0.3 is 19.8 Å². The zero-order valence-electron chi connectivity index (χ0n) is 54.2. The molecule has 0 amide bonds. The number of carbonyl (C=O) groups excluding carboxylic acids is 2. The largest absolute Gasteiger partial charge is 0.472 e. The van der Waals surface area contributed by atoms with Crippen molar-refractivity contribution >= 4 is 19.8 Å². The predicted octanol–water partition coefficient (Wildman–Crippen LogP) is 22.2. The number of unbranched alkanes of at least 4 members (excludes halogenated alkanes) is 35. The molecule has 82 heavy (non-hydrogen) atoms. The summed E-state index contributed by atoms with van der Waals surface area (Å²) in [5.41, 5.74) is 0. The number of carbonyl (C=O) groups is 2. The number of quaternary nitrogens is 1. The summed E-state index contributed by atoms with van der Waals surface area (Å²) in [5.74, 6) is -0.820. The van der Waals surface area contributed by atoms with Crippen molar-refractivity contribution in [1.29, 1.82) is 0 Å². The smallest absolute Gasteiger partial charge is 0.462 e. The van der Waals surface area contributed by atoms with Gasteiger partial charge in [0.1, 0.15) is 19.8 Å². The van der Waals surface area contributed by atoms with Crippen molar-refractivity contribution in [1.82, 2.24) is 0 Å². The summed E-state index contributed by atoms with van der Waals surface area (Å²) in [4.78, 5) is 35.8. The number of hydrogen-bond acceptors (Lipinski definition) is 7. The van der Waals surface area contributed by atoms with Crippen LogP contribution >= 0.6 is 7.82 Å². The lowest BCUT2D eigenvalue weighted by Crippen LogP contribution is -2.37. The van der Waals surface area contributed by atoms with Gasteiger partial charge in [0.05, 0.1) is 27.7 Å². The summed E-state index contributed by atoms with van der Waals surface area (Å²) in [6.07, 6.45) is 85.6. The van der Waals surface area contributed by atoms with Gasteiger partial charge in [0, 0.05) is 12.8 Å². The molecular formula is C72H131NO8P+. The number of rotatable bonds is 63. The van der Waals surface area contributed by atoms with Gasteiger partial charge in [0.15, 0.2) is 6.10 Å². The fourth-order valence-electron chi connectivity index (χ4n) is 9.66. The fourth-order valence-corrected chi connectivity index (χ4v) is 10.4. The van der Waals surface area contributed by atoms with Crippen molar-refractivity contribution in [3.05, 3.63) is 85.1 Å². The fraction of sp³-hybridized carbons (Fsp3) is 0.778. The lowest BCUT2D eigenvalue weighted by atomic mass is 10.0. The van der Waals surface area contributed by atoms with Crippen LogP contribution in [0.25, 0.3) is 0 Å². The number of hydrogen-bond donors (Lipinski definition) is 1. The molecule has 1 N–H and O–H groups in total. The molecule has 10 heteroatoms. The van der Waals surface area contributed by atoms with Crippen LogP contribution in [-0.2, 0) is 32.7 Å². The quantitative estimate of drug-likeness (QED) is 0.0211. The molecular weight excluding hydrogens is 1040 g/mol. The topological polar surface area (TPSA) is 108 Å². The first-order valence-electron chi connectivity index (χ1n) is 34.3. The van der Waals surface area contributed by atoms with Crippen LogP contribution in [0.4, 0.5) is 0 Å². The summed E-state index contributed by atoms with van der Waals surface area (Å²) in [6.45, 7) is 4.32. The zero-order chi connectivity index (χ0) is 59.8. The van der Waals surface area contributed by atoms with Crippen molar-refractivity contribution in [2.75, 3.05) is 47.5 Å². The van der Waals surface area contributed by atoms with Crippen molar-refractivity contribution in [2.24, 2.45) is 0 Å². The average molecular weight is 1170 g/mol. The summed E-state index contributed by atoms with van der Waals surface area (Å²) in [7, 11) is 1.46. The number of esters is 2.